The van der Waals surface area contributed by atoms with E-state index in [1.807, 2.05) is 0 Å². The molecule has 0 radical (unpaired) electrons. The van der Waals surface area contributed by atoms with E-state index in [1.165, 1.54) is 25.0 Å². The molecule has 2 nitrogen and oxygen atoms in total. The quantitative estimate of drug-likeness (QED) is 0.896. The summed E-state index contributed by atoms with van der Waals surface area (Å²) >= 11 is 0. The molecule has 2 N–H and O–H groups in total. The third kappa shape index (κ3) is 3.55. The largest absolute Gasteiger partial charge is 0.329 e. The molecule has 1 fully saturated rings. The van der Waals surface area contributed by atoms with Gasteiger partial charge in [-0.25, -0.2) is 8.78 Å². The van der Waals surface area contributed by atoms with Crippen LogP contribution in [0, 0.1) is 17.6 Å². The Hall–Kier alpha value is -1.00. The zero-order chi connectivity index (χ0) is 14.5. The van der Waals surface area contributed by atoms with Crippen LogP contribution in [0.5, 0.6) is 0 Å². The van der Waals surface area contributed by atoms with Crippen LogP contribution in [-0.4, -0.2) is 24.5 Å². The van der Waals surface area contributed by atoms with Gasteiger partial charge < -0.3 is 5.73 Å². The van der Waals surface area contributed by atoms with Gasteiger partial charge in [0.15, 0.2) is 0 Å². The van der Waals surface area contributed by atoms with Crippen LogP contribution < -0.4 is 5.73 Å². The smallest absolute Gasteiger partial charge is 0.130 e. The van der Waals surface area contributed by atoms with Crippen molar-refractivity contribution in [2.24, 2.45) is 11.7 Å². The van der Waals surface area contributed by atoms with Crippen molar-refractivity contribution in [2.45, 2.75) is 38.6 Å². The van der Waals surface area contributed by atoms with Gasteiger partial charge in [0.25, 0.3) is 0 Å². The summed E-state index contributed by atoms with van der Waals surface area (Å²) in [7, 11) is 0. The second kappa shape index (κ2) is 7.14. The molecule has 0 spiro atoms. The minimum absolute atomic E-state index is 0.141. The molecule has 4 heteroatoms. The number of hydrogen-bond acceptors (Lipinski definition) is 2. The first-order chi connectivity index (χ1) is 9.65. The topological polar surface area (TPSA) is 29.3 Å². The van der Waals surface area contributed by atoms with Crippen molar-refractivity contribution in [3.8, 4) is 0 Å². The zero-order valence-corrected chi connectivity index (χ0v) is 12.1. The predicted octanol–water partition coefficient (Wildman–Crippen LogP) is 3.48. The first-order valence-electron chi connectivity index (χ1n) is 7.54. The molecule has 0 bridgehead atoms. The van der Waals surface area contributed by atoms with Gasteiger partial charge in [-0.3, -0.25) is 4.90 Å². The van der Waals surface area contributed by atoms with Crippen molar-refractivity contribution in [3.63, 3.8) is 0 Å². The molecule has 1 aromatic carbocycles. The Bertz CT molecular complexity index is 428. The van der Waals surface area contributed by atoms with Gasteiger partial charge in [-0.15, -0.1) is 0 Å². The average Bonchev–Trinajstić information content (AvgIpc) is 2.44. The lowest BCUT2D eigenvalue weighted by Gasteiger charge is -2.37. The SMILES string of the molecule is CCCC1CCN(C(CN)c2ccc(F)cc2F)CC1. The van der Waals surface area contributed by atoms with E-state index in [4.69, 9.17) is 5.73 Å². The Morgan fingerprint density at radius 2 is 2.00 bits per heavy atom. The average molecular weight is 282 g/mol. The predicted molar refractivity (Wildman–Crippen MR) is 77.4 cm³/mol. The van der Waals surface area contributed by atoms with Crippen molar-refractivity contribution >= 4 is 0 Å². The first-order valence-corrected chi connectivity index (χ1v) is 7.54. The van der Waals surface area contributed by atoms with Crippen molar-refractivity contribution in [1.82, 2.24) is 4.90 Å². The Morgan fingerprint density at radius 3 is 2.55 bits per heavy atom. The van der Waals surface area contributed by atoms with E-state index in [0.717, 1.165) is 37.9 Å². The van der Waals surface area contributed by atoms with Gasteiger partial charge in [-0.1, -0.05) is 25.8 Å². The molecule has 1 saturated heterocycles. The van der Waals surface area contributed by atoms with Crippen LogP contribution >= 0.6 is 0 Å². The normalized spacial score (nSPS) is 19.2. The Morgan fingerprint density at radius 1 is 1.30 bits per heavy atom. The second-order valence-corrected chi connectivity index (χ2v) is 5.69. The highest BCUT2D eigenvalue weighted by molar-refractivity contribution is 5.22. The fraction of sp³-hybridized carbons (Fsp3) is 0.625. The molecule has 0 amide bonds. The monoisotopic (exact) mass is 282 g/mol. The van der Waals surface area contributed by atoms with E-state index in [9.17, 15) is 8.78 Å². The number of benzene rings is 1. The van der Waals surface area contributed by atoms with Gasteiger partial charge in [0.2, 0.25) is 0 Å². The van der Waals surface area contributed by atoms with Crippen LogP contribution in [-0.2, 0) is 0 Å². The standard InChI is InChI=1S/C16H24F2N2/c1-2-3-12-6-8-20(9-7-12)16(11-19)14-5-4-13(17)10-15(14)18/h4-5,10,12,16H,2-3,6-9,11,19H2,1H3. The van der Waals surface area contributed by atoms with Gasteiger partial charge >= 0.3 is 0 Å². The fourth-order valence-electron chi connectivity index (χ4n) is 3.21. The molecule has 1 heterocycles. The maximum Gasteiger partial charge on any atom is 0.130 e. The van der Waals surface area contributed by atoms with Crippen LogP contribution in [0.25, 0.3) is 0 Å². The summed E-state index contributed by atoms with van der Waals surface area (Å²) in [6.07, 6.45) is 4.78. The van der Waals surface area contributed by atoms with Crippen LogP contribution in [0.4, 0.5) is 8.78 Å². The van der Waals surface area contributed by atoms with Gasteiger partial charge in [-0.2, -0.15) is 0 Å². The van der Waals surface area contributed by atoms with Gasteiger partial charge in [0.05, 0.1) is 0 Å². The number of nitrogens with two attached hydrogens (primary N) is 1. The van der Waals surface area contributed by atoms with Crippen LogP contribution in [0.3, 0.4) is 0 Å². The van der Waals surface area contributed by atoms with E-state index in [1.54, 1.807) is 0 Å². The van der Waals surface area contributed by atoms with Crippen molar-refractivity contribution in [3.05, 3.63) is 35.4 Å². The van der Waals surface area contributed by atoms with E-state index < -0.39 is 11.6 Å². The number of piperidine rings is 1. The summed E-state index contributed by atoms with van der Waals surface area (Å²) < 4.78 is 26.9. The molecule has 1 atom stereocenters. The first kappa shape index (κ1) is 15.4. The lowest BCUT2D eigenvalue weighted by molar-refractivity contribution is 0.129. The van der Waals surface area contributed by atoms with Crippen LogP contribution in [0.2, 0.25) is 0 Å². The fourth-order valence-corrected chi connectivity index (χ4v) is 3.21. The molecule has 1 unspecified atom stereocenters. The molecular formula is C16H24F2N2. The molecule has 20 heavy (non-hydrogen) atoms. The van der Waals surface area contributed by atoms with Gasteiger partial charge in [-0.05, 0) is 37.9 Å². The summed E-state index contributed by atoms with van der Waals surface area (Å²) in [6, 6.07) is 3.64. The Kier molecular flexibility index (Phi) is 5.49. The van der Waals surface area contributed by atoms with E-state index in [-0.39, 0.29) is 6.04 Å². The summed E-state index contributed by atoms with van der Waals surface area (Å²) in [6.45, 7) is 4.47. The van der Waals surface area contributed by atoms with E-state index >= 15 is 0 Å². The minimum atomic E-state index is -0.538. The molecular weight excluding hydrogens is 258 g/mol. The van der Waals surface area contributed by atoms with Gasteiger partial charge in [0.1, 0.15) is 11.6 Å². The number of likely N-dealkylation sites (tertiary alicyclic amines) is 1. The molecule has 2 rings (SSSR count). The minimum Gasteiger partial charge on any atom is -0.329 e. The molecule has 0 aromatic heterocycles. The van der Waals surface area contributed by atoms with Crippen molar-refractivity contribution < 1.29 is 8.78 Å². The highest BCUT2D eigenvalue weighted by atomic mass is 19.1. The van der Waals surface area contributed by atoms with Crippen molar-refractivity contribution in [1.29, 1.82) is 0 Å². The number of nitrogens with zero attached hydrogens (tertiary/aromatic N) is 1. The molecule has 0 saturated carbocycles. The number of rotatable bonds is 5. The van der Waals surface area contributed by atoms with Gasteiger partial charge in [0, 0.05) is 24.2 Å². The molecule has 1 aliphatic heterocycles. The maximum absolute atomic E-state index is 13.9. The Labute approximate surface area is 120 Å². The molecule has 0 aliphatic carbocycles. The van der Waals surface area contributed by atoms with Crippen LogP contribution in [0.15, 0.2) is 18.2 Å². The third-order valence-electron chi connectivity index (χ3n) is 4.33. The summed E-state index contributed by atoms with van der Waals surface area (Å²) in [5, 5.41) is 0. The molecule has 1 aromatic rings. The summed E-state index contributed by atoms with van der Waals surface area (Å²) in [5.74, 6) is -0.243. The summed E-state index contributed by atoms with van der Waals surface area (Å²) in [5.41, 5.74) is 6.35. The third-order valence-corrected chi connectivity index (χ3v) is 4.33. The van der Waals surface area contributed by atoms with E-state index in [2.05, 4.69) is 11.8 Å². The number of hydrogen-bond donors (Lipinski definition) is 1. The maximum atomic E-state index is 13.9. The zero-order valence-electron chi connectivity index (χ0n) is 12.1. The van der Waals surface area contributed by atoms with Crippen LogP contribution in [0.1, 0.15) is 44.2 Å². The lowest BCUT2D eigenvalue weighted by atomic mass is 9.91. The second-order valence-electron chi connectivity index (χ2n) is 5.69. The van der Waals surface area contributed by atoms with E-state index in [0.29, 0.717) is 12.1 Å². The highest BCUT2D eigenvalue weighted by Gasteiger charge is 2.26. The highest BCUT2D eigenvalue weighted by Crippen LogP contribution is 2.29. The summed E-state index contributed by atoms with van der Waals surface area (Å²) in [4.78, 5) is 2.24. The molecule has 1 aliphatic rings. The van der Waals surface area contributed by atoms with Crippen molar-refractivity contribution in [2.75, 3.05) is 19.6 Å². The molecule has 112 valence electrons. The number of halogens is 2. The lowest BCUT2D eigenvalue weighted by Crippen LogP contribution is -2.40. The Balaban J connectivity index is 2.05.